The van der Waals surface area contributed by atoms with Gasteiger partial charge in [-0.2, -0.15) is 13.2 Å². The van der Waals surface area contributed by atoms with Crippen LogP contribution in [0.5, 0.6) is 5.75 Å². The largest absolute Gasteiger partial charge is 0.506 e. The summed E-state index contributed by atoms with van der Waals surface area (Å²) in [4.78, 5) is 12.7. The number of hydrogen-bond donors (Lipinski definition) is 2. The fraction of sp³-hybridized carbons (Fsp3) is 0.278. The predicted molar refractivity (Wildman–Crippen MR) is 124 cm³/mol. The Balaban J connectivity index is 2.28. The third-order valence-corrected chi connectivity index (χ3v) is 6.99. The van der Waals surface area contributed by atoms with Gasteiger partial charge in [-0.1, -0.05) is 19.1 Å². The number of aromatic hydroxyl groups is 1. The number of benzene rings is 2. The number of carbonyl (C=O) groups excluding carboxylic acids is 1. The maximum Gasteiger partial charge on any atom is 0.418 e. The average Bonchev–Trinajstić information content (AvgIpc) is 2.59. The van der Waals surface area contributed by atoms with E-state index in [0.717, 1.165) is 15.2 Å². The van der Waals surface area contributed by atoms with Crippen molar-refractivity contribution < 1.29 is 23.1 Å². The number of anilines is 1. The number of alkyl halides is 3. The molecule has 0 aliphatic rings. The molecule has 0 heterocycles. The van der Waals surface area contributed by atoms with E-state index in [1.807, 2.05) is 58.2 Å². The highest BCUT2D eigenvalue weighted by atomic mass is 127. The number of carbonyl (C=O) groups is 1. The topological polar surface area (TPSA) is 49.3 Å². The Kier molecular flexibility index (Phi) is 8.05. The van der Waals surface area contributed by atoms with Gasteiger partial charge in [0, 0.05) is 9.49 Å². The van der Waals surface area contributed by atoms with Crippen molar-refractivity contribution in [1.82, 2.24) is 0 Å². The Morgan fingerprint density at radius 3 is 2.41 bits per heavy atom. The number of rotatable bonds is 5. The minimum absolute atomic E-state index is 0.157. The lowest BCUT2D eigenvalue weighted by atomic mass is 9.95. The summed E-state index contributed by atoms with van der Waals surface area (Å²) in [5, 5.41) is 12.6. The number of para-hydroxylation sites is 1. The van der Waals surface area contributed by atoms with Crippen LogP contribution in [0.15, 0.2) is 30.3 Å². The van der Waals surface area contributed by atoms with Gasteiger partial charge in [0.15, 0.2) is 0 Å². The first kappa shape index (κ1) is 23.0. The van der Waals surface area contributed by atoms with Gasteiger partial charge in [-0.15, -0.1) is 0 Å². The predicted octanol–water partition coefficient (Wildman–Crippen LogP) is 6.43. The minimum atomic E-state index is -4.54. The van der Waals surface area contributed by atoms with Crippen molar-refractivity contribution in [1.29, 1.82) is 0 Å². The lowest BCUT2D eigenvalue weighted by molar-refractivity contribution is -0.137. The average molecular weight is 715 g/mol. The van der Waals surface area contributed by atoms with Crippen LogP contribution in [-0.4, -0.2) is 11.0 Å². The molecular formula is C18H15F3I3NO2. The van der Waals surface area contributed by atoms with Gasteiger partial charge in [0.1, 0.15) is 5.75 Å². The van der Waals surface area contributed by atoms with Gasteiger partial charge in [-0.05, 0) is 104 Å². The molecule has 9 heteroatoms. The second-order valence-corrected chi connectivity index (χ2v) is 9.23. The molecule has 0 fully saturated rings. The molecular weight excluding hydrogens is 700 g/mol. The number of nitrogens with one attached hydrogen (secondary N) is 1. The summed E-state index contributed by atoms with van der Waals surface area (Å²) in [7, 11) is 0. The summed E-state index contributed by atoms with van der Waals surface area (Å²) in [5.41, 5.74) is -0.298. The van der Waals surface area contributed by atoms with Crippen LogP contribution < -0.4 is 5.32 Å². The molecule has 0 unspecified atom stereocenters. The Hall–Kier alpha value is -0.310. The van der Waals surface area contributed by atoms with Crippen molar-refractivity contribution in [2.75, 3.05) is 5.32 Å². The van der Waals surface area contributed by atoms with Gasteiger partial charge in [-0.25, -0.2) is 0 Å². The second kappa shape index (κ2) is 9.46. The van der Waals surface area contributed by atoms with E-state index in [0.29, 0.717) is 20.0 Å². The zero-order valence-electron chi connectivity index (χ0n) is 14.0. The molecule has 2 rings (SSSR count). The molecule has 0 aromatic heterocycles. The molecule has 2 N–H and O–H groups in total. The number of phenols is 1. The van der Waals surface area contributed by atoms with Crippen molar-refractivity contribution in [3.05, 3.63) is 52.2 Å². The summed E-state index contributed by atoms with van der Waals surface area (Å²) in [5.74, 6) is -0.837. The van der Waals surface area contributed by atoms with E-state index < -0.39 is 23.6 Å². The highest BCUT2D eigenvalue weighted by Gasteiger charge is 2.34. The molecule has 1 amide bonds. The smallest absolute Gasteiger partial charge is 0.418 e. The quantitative estimate of drug-likeness (QED) is 0.351. The van der Waals surface area contributed by atoms with Gasteiger partial charge in [0.2, 0.25) is 5.91 Å². The first-order valence-electron chi connectivity index (χ1n) is 7.88. The summed E-state index contributed by atoms with van der Waals surface area (Å²) in [6.45, 7) is 1.81. The number of phenolic OH excluding ortho intramolecular Hbond substituents is 1. The molecule has 3 nitrogen and oxygen atoms in total. The van der Waals surface area contributed by atoms with Crippen LogP contribution in [0, 0.1) is 16.6 Å². The van der Waals surface area contributed by atoms with Gasteiger partial charge >= 0.3 is 6.18 Å². The molecule has 0 saturated heterocycles. The first-order valence-corrected chi connectivity index (χ1v) is 11.1. The summed E-state index contributed by atoms with van der Waals surface area (Å²) in [6.07, 6.45) is -3.76. The molecule has 0 aliphatic heterocycles. The maximum absolute atomic E-state index is 13.1. The lowest BCUT2D eigenvalue weighted by Gasteiger charge is -2.19. The van der Waals surface area contributed by atoms with Crippen LogP contribution in [-0.2, 0) is 17.4 Å². The summed E-state index contributed by atoms with van der Waals surface area (Å²) >= 11 is 6.20. The monoisotopic (exact) mass is 715 g/mol. The van der Waals surface area contributed by atoms with Crippen LogP contribution in [0.1, 0.15) is 24.5 Å². The van der Waals surface area contributed by atoms with Crippen LogP contribution in [0.25, 0.3) is 0 Å². The molecule has 2 aromatic carbocycles. The van der Waals surface area contributed by atoms with Gasteiger partial charge < -0.3 is 10.4 Å². The van der Waals surface area contributed by atoms with Crippen LogP contribution in [0.2, 0.25) is 0 Å². The molecule has 0 aliphatic carbocycles. The Morgan fingerprint density at radius 2 is 1.81 bits per heavy atom. The summed E-state index contributed by atoms with van der Waals surface area (Å²) in [6, 6.07) is 6.75. The van der Waals surface area contributed by atoms with Crippen LogP contribution >= 0.6 is 67.8 Å². The van der Waals surface area contributed by atoms with Crippen molar-refractivity contribution in [2.45, 2.75) is 25.9 Å². The molecule has 0 bridgehead atoms. The second-order valence-electron chi connectivity index (χ2n) is 5.82. The van der Waals surface area contributed by atoms with E-state index in [1.54, 1.807) is 0 Å². The minimum Gasteiger partial charge on any atom is -0.506 e. The highest BCUT2D eigenvalue weighted by Crippen LogP contribution is 2.36. The van der Waals surface area contributed by atoms with Gasteiger partial charge in [0.05, 0.1) is 18.4 Å². The number of halogens is 6. The highest BCUT2D eigenvalue weighted by molar-refractivity contribution is 14.1. The molecule has 1 atom stereocenters. The first-order chi connectivity index (χ1) is 12.6. The van der Waals surface area contributed by atoms with E-state index in [4.69, 9.17) is 0 Å². The van der Waals surface area contributed by atoms with Crippen molar-refractivity contribution in [2.24, 2.45) is 5.92 Å². The van der Waals surface area contributed by atoms with E-state index in [2.05, 4.69) is 27.9 Å². The molecule has 146 valence electrons. The van der Waals surface area contributed by atoms with E-state index in [9.17, 15) is 23.1 Å². The summed E-state index contributed by atoms with van der Waals surface area (Å²) < 4.78 is 41.7. The molecule has 27 heavy (non-hydrogen) atoms. The van der Waals surface area contributed by atoms with Crippen molar-refractivity contribution in [3.63, 3.8) is 0 Å². The van der Waals surface area contributed by atoms with Crippen LogP contribution in [0.3, 0.4) is 0 Å². The Morgan fingerprint density at radius 1 is 1.19 bits per heavy atom. The van der Waals surface area contributed by atoms with Crippen molar-refractivity contribution >= 4 is 79.4 Å². The number of amides is 1. The maximum atomic E-state index is 13.1. The molecule has 0 saturated carbocycles. The van der Waals surface area contributed by atoms with E-state index in [1.165, 1.54) is 18.2 Å². The molecule has 0 radical (unpaired) electrons. The van der Waals surface area contributed by atoms with Gasteiger partial charge in [0.25, 0.3) is 0 Å². The van der Waals surface area contributed by atoms with Crippen molar-refractivity contribution in [3.8, 4) is 5.75 Å². The Labute approximate surface area is 195 Å². The van der Waals surface area contributed by atoms with E-state index in [-0.39, 0.29) is 11.4 Å². The fourth-order valence-corrected chi connectivity index (χ4v) is 6.36. The third kappa shape index (κ3) is 5.61. The lowest BCUT2D eigenvalue weighted by Crippen LogP contribution is -2.26. The molecule has 2 aromatic rings. The third-order valence-electron chi connectivity index (χ3n) is 4.05. The zero-order chi connectivity index (χ0) is 20.4. The van der Waals surface area contributed by atoms with Gasteiger partial charge in [-0.3, -0.25) is 4.79 Å². The normalized spacial score (nSPS) is 12.7. The zero-order valence-corrected chi connectivity index (χ0v) is 20.5. The Bertz CT molecular complexity index is 856. The van der Waals surface area contributed by atoms with E-state index >= 15 is 0 Å². The number of hydrogen-bond acceptors (Lipinski definition) is 2. The fourth-order valence-electron chi connectivity index (χ4n) is 2.55. The molecule has 0 spiro atoms. The van der Waals surface area contributed by atoms with Crippen LogP contribution in [0.4, 0.5) is 18.9 Å². The standard InChI is InChI=1S/C18H15F3I3NO2/c1-2-9(7-10-12(22)8-13(23)16(26)15(10)24)17(27)25-14-6-4-3-5-11(14)18(19,20)21/h3-6,8-9,26H,2,7H2,1H3,(H,25,27)/t9-/m0/s1. The SMILES string of the molecule is CC[C@@H](Cc1c(I)cc(I)c(O)c1I)C(=O)Nc1ccccc1C(F)(F)F.